The first-order valence-corrected chi connectivity index (χ1v) is 5.19. The second-order valence-electron chi connectivity index (χ2n) is 4.66. The van der Waals surface area contributed by atoms with Crippen molar-refractivity contribution in [2.45, 2.75) is 46.1 Å². The summed E-state index contributed by atoms with van der Waals surface area (Å²) in [6.07, 6.45) is 1.80. The number of carboxylic acid groups (broad SMARTS) is 1. The maximum absolute atomic E-state index is 11.0. The normalized spacial score (nSPS) is 11.7. The minimum Gasteiger partial charge on any atom is -0.477 e. The van der Waals surface area contributed by atoms with Crippen molar-refractivity contribution in [2.75, 3.05) is 0 Å². The number of carboxylic acids is 1. The predicted octanol–water partition coefficient (Wildman–Crippen LogP) is 2.29. The fourth-order valence-corrected chi connectivity index (χ4v) is 1.47. The highest BCUT2D eigenvalue weighted by molar-refractivity contribution is 5.85. The van der Waals surface area contributed by atoms with Crippen LogP contribution in [0.3, 0.4) is 0 Å². The van der Waals surface area contributed by atoms with Crippen LogP contribution >= 0.6 is 0 Å². The molecular formula is C11H18N2O2. The van der Waals surface area contributed by atoms with Crippen LogP contribution in [0.2, 0.25) is 0 Å². The van der Waals surface area contributed by atoms with Gasteiger partial charge in [-0.15, -0.1) is 0 Å². The number of rotatable bonds is 3. The Kier molecular flexibility index (Phi) is 3.17. The fourth-order valence-electron chi connectivity index (χ4n) is 1.47. The van der Waals surface area contributed by atoms with E-state index in [9.17, 15) is 4.79 Å². The molecule has 4 heteroatoms. The average molecular weight is 210 g/mol. The lowest BCUT2D eigenvalue weighted by atomic mass is 10.1. The van der Waals surface area contributed by atoms with E-state index < -0.39 is 5.97 Å². The first kappa shape index (κ1) is 11.8. The van der Waals surface area contributed by atoms with E-state index in [4.69, 9.17) is 5.11 Å². The molecule has 0 aromatic carbocycles. The monoisotopic (exact) mass is 210 g/mol. The van der Waals surface area contributed by atoms with Crippen molar-refractivity contribution in [1.82, 2.24) is 9.78 Å². The molecule has 0 radical (unpaired) electrons. The molecule has 0 aliphatic carbocycles. The van der Waals surface area contributed by atoms with E-state index in [2.05, 4.69) is 12.0 Å². The molecule has 0 unspecified atom stereocenters. The largest absolute Gasteiger partial charge is 0.477 e. The van der Waals surface area contributed by atoms with Gasteiger partial charge in [0.05, 0.1) is 11.2 Å². The fraction of sp³-hybridized carbons (Fsp3) is 0.636. The van der Waals surface area contributed by atoms with Crippen molar-refractivity contribution in [2.24, 2.45) is 0 Å². The van der Waals surface area contributed by atoms with Gasteiger partial charge in [0.2, 0.25) is 0 Å². The quantitative estimate of drug-likeness (QED) is 0.832. The van der Waals surface area contributed by atoms with Crippen LogP contribution in [0.4, 0.5) is 0 Å². The summed E-state index contributed by atoms with van der Waals surface area (Å²) in [5.74, 6) is -0.917. The first-order chi connectivity index (χ1) is 6.86. The smallest absolute Gasteiger partial charge is 0.354 e. The van der Waals surface area contributed by atoms with Gasteiger partial charge in [0.15, 0.2) is 0 Å². The van der Waals surface area contributed by atoms with E-state index in [1.807, 2.05) is 20.8 Å². The lowest BCUT2D eigenvalue weighted by Crippen LogP contribution is -2.27. The van der Waals surface area contributed by atoms with Crippen LogP contribution in [0.15, 0.2) is 6.07 Å². The zero-order chi connectivity index (χ0) is 11.6. The average Bonchev–Trinajstić information content (AvgIpc) is 2.48. The molecule has 1 heterocycles. The highest BCUT2D eigenvalue weighted by Crippen LogP contribution is 2.18. The number of hydrogen-bond acceptors (Lipinski definition) is 2. The molecule has 1 rings (SSSR count). The molecule has 1 aromatic heterocycles. The molecule has 0 amide bonds. The van der Waals surface area contributed by atoms with Crippen LogP contribution in [0.5, 0.6) is 0 Å². The van der Waals surface area contributed by atoms with Gasteiger partial charge in [-0.1, -0.05) is 13.3 Å². The van der Waals surface area contributed by atoms with Crippen LogP contribution in [0.1, 0.15) is 50.3 Å². The van der Waals surface area contributed by atoms with Crippen molar-refractivity contribution in [3.63, 3.8) is 0 Å². The van der Waals surface area contributed by atoms with Crippen molar-refractivity contribution in [1.29, 1.82) is 0 Å². The van der Waals surface area contributed by atoms with Gasteiger partial charge < -0.3 is 5.11 Å². The highest BCUT2D eigenvalue weighted by Gasteiger charge is 2.22. The van der Waals surface area contributed by atoms with Gasteiger partial charge in [-0.3, -0.25) is 4.68 Å². The van der Waals surface area contributed by atoms with Crippen LogP contribution in [-0.2, 0) is 12.0 Å². The number of hydrogen-bond donors (Lipinski definition) is 1. The van der Waals surface area contributed by atoms with Crippen molar-refractivity contribution < 1.29 is 9.90 Å². The van der Waals surface area contributed by atoms with Crippen LogP contribution in [0.25, 0.3) is 0 Å². The maximum Gasteiger partial charge on any atom is 0.354 e. The second-order valence-corrected chi connectivity index (χ2v) is 4.66. The molecule has 4 nitrogen and oxygen atoms in total. The Morgan fingerprint density at radius 2 is 2.13 bits per heavy atom. The molecular weight excluding hydrogens is 192 g/mol. The summed E-state index contributed by atoms with van der Waals surface area (Å²) in [5, 5.41) is 13.4. The van der Waals surface area contributed by atoms with Gasteiger partial charge in [0.1, 0.15) is 5.69 Å². The maximum atomic E-state index is 11.0. The highest BCUT2D eigenvalue weighted by atomic mass is 16.4. The summed E-state index contributed by atoms with van der Waals surface area (Å²) in [5.41, 5.74) is 0.829. The van der Waals surface area contributed by atoms with Gasteiger partial charge in [0.25, 0.3) is 0 Å². The summed E-state index contributed by atoms with van der Waals surface area (Å²) < 4.78 is 1.58. The molecule has 1 N–H and O–H groups in total. The molecule has 1 aromatic rings. The van der Waals surface area contributed by atoms with Gasteiger partial charge in [-0.05, 0) is 33.3 Å². The Morgan fingerprint density at radius 3 is 2.47 bits per heavy atom. The molecule has 0 aliphatic heterocycles. The zero-order valence-electron chi connectivity index (χ0n) is 9.74. The molecule has 0 aliphatic rings. The lowest BCUT2D eigenvalue weighted by Gasteiger charge is -2.20. The third-order valence-electron chi connectivity index (χ3n) is 2.12. The SMILES string of the molecule is CCCc1cc(C(=O)O)n(C(C)(C)C)n1. The Morgan fingerprint density at radius 1 is 1.53 bits per heavy atom. The van der Waals surface area contributed by atoms with E-state index in [0.29, 0.717) is 0 Å². The molecule has 0 fully saturated rings. The Labute approximate surface area is 89.9 Å². The first-order valence-electron chi connectivity index (χ1n) is 5.19. The van der Waals surface area contributed by atoms with Crippen molar-refractivity contribution in [3.8, 4) is 0 Å². The minimum absolute atomic E-state index is 0.269. The molecule has 0 bridgehead atoms. The standard InChI is InChI=1S/C11H18N2O2/c1-5-6-8-7-9(10(14)15)13(12-8)11(2,3)4/h7H,5-6H2,1-4H3,(H,14,15). The number of nitrogens with zero attached hydrogens (tertiary/aromatic N) is 2. The Balaban J connectivity index is 3.18. The van der Waals surface area contributed by atoms with Gasteiger partial charge >= 0.3 is 5.97 Å². The molecule has 0 saturated heterocycles. The molecule has 0 spiro atoms. The minimum atomic E-state index is -0.917. The molecule has 84 valence electrons. The summed E-state index contributed by atoms with van der Waals surface area (Å²) >= 11 is 0. The Bertz CT molecular complexity index is 361. The molecule has 15 heavy (non-hydrogen) atoms. The van der Waals surface area contributed by atoms with E-state index in [-0.39, 0.29) is 11.2 Å². The lowest BCUT2D eigenvalue weighted by molar-refractivity contribution is 0.0675. The van der Waals surface area contributed by atoms with Gasteiger partial charge in [-0.2, -0.15) is 5.10 Å². The van der Waals surface area contributed by atoms with E-state index in [1.54, 1.807) is 10.7 Å². The Hall–Kier alpha value is -1.32. The third kappa shape index (κ3) is 2.58. The van der Waals surface area contributed by atoms with Crippen LogP contribution in [0, 0.1) is 0 Å². The van der Waals surface area contributed by atoms with E-state index >= 15 is 0 Å². The summed E-state index contributed by atoms with van der Waals surface area (Å²) in [4.78, 5) is 11.0. The summed E-state index contributed by atoms with van der Waals surface area (Å²) in [7, 11) is 0. The number of aromatic carboxylic acids is 1. The number of carbonyl (C=O) groups is 1. The van der Waals surface area contributed by atoms with Crippen LogP contribution < -0.4 is 0 Å². The summed E-state index contributed by atoms with van der Waals surface area (Å²) in [6.45, 7) is 7.89. The number of aryl methyl sites for hydroxylation is 1. The van der Waals surface area contributed by atoms with E-state index in [0.717, 1.165) is 18.5 Å². The van der Waals surface area contributed by atoms with Crippen LogP contribution in [-0.4, -0.2) is 20.9 Å². The third-order valence-corrected chi connectivity index (χ3v) is 2.12. The molecule has 0 atom stereocenters. The number of aromatic nitrogens is 2. The topological polar surface area (TPSA) is 55.1 Å². The van der Waals surface area contributed by atoms with Gasteiger partial charge in [0, 0.05) is 0 Å². The summed E-state index contributed by atoms with van der Waals surface area (Å²) in [6, 6.07) is 1.66. The van der Waals surface area contributed by atoms with Crippen molar-refractivity contribution in [3.05, 3.63) is 17.5 Å². The molecule has 0 saturated carbocycles. The van der Waals surface area contributed by atoms with Gasteiger partial charge in [-0.25, -0.2) is 4.79 Å². The van der Waals surface area contributed by atoms with E-state index in [1.165, 1.54) is 0 Å². The second kappa shape index (κ2) is 4.04. The predicted molar refractivity (Wildman–Crippen MR) is 58.2 cm³/mol. The van der Waals surface area contributed by atoms with Crippen molar-refractivity contribution >= 4 is 5.97 Å². The zero-order valence-corrected chi connectivity index (χ0v) is 9.74.